The minimum absolute atomic E-state index is 0.0476. The lowest BCUT2D eigenvalue weighted by atomic mass is 10.0. The molecule has 62 heavy (non-hydrogen) atoms. The van der Waals surface area contributed by atoms with Crippen molar-refractivity contribution < 1.29 is 24.5 Å². The lowest BCUT2D eigenvalue weighted by Crippen LogP contribution is -2.46. The van der Waals surface area contributed by atoms with Crippen LogP contribution in [0.3, 0.4) is 0 Å². The van der Waals surface area contributed by atoms with Crippen LogP contribution in [0.4, 0.5) is 0 Å². The summed E-state index contributed by atoms with van der Waals surface area (Å²) in [5.41, 5.74) is 0. The molecule has 0 aliphatic carbocycles. The smallest absolute Gasteiger partial charge is 0.306 e. The van der Waals surface area contributed by atoms with E-state index in [-0.39, 0.29) is 24.9 Å². The molecule has 0 spiro atoms. The second-order valence-corrected chi connectivity index (χ2v) is 17.9. The maximum absolute atomic E-state index is 13.2. The van der Waals surface area contributed by atoms with Crippen molar-refractivity contribution in [3.8, 4) is 0 Å². The standard InChI is InChI=1S/C56H101NO5/c1-4-7-10-13-16-19-22-24-26-27-29-31-34-37-40-43-46-49-56(61)62-52(47-44-41-38-35-33-30-28-25-23-20-17-14-11-8-5-2)50-55(60)57-53(51-58)54(59)48-45-42-39-36-32-21-18-15-12-9-6-3/h16-17,19-20,24-26,28,33,35,52-54,58-59H,4-15,18,21-23,27,29-32,34,36-51H2,1-3H3,(H,57,60)/b19-16-,20-17-,26-24-,28-25-,35-33-. The third kappa shape index (κ3) is 44.2. The molecule has 0 aliphatic heterocycles. The molecule has 0 fully saturated rings. The lowest BCUT2D eigenvalue weighted by Gasteiger charge is -2.24. The van der Waals surface area contributed by atoms with Crippen molar-refractivity contribution in [1.82, 2.24) is 5.32 Å². The third-order valence-corrected chi connectivity index (χ3v) is 11.8. The Morgan fingerprint density at radius 2 is 0.823 bits per heavy atom. The quantitative estimate of drug-likeness (QED) is 0.0322. The van der Waals surface area contributed by atoms with E-state index in [1.165, 1.54) is 128 Å². The highest BCUT2D eigenvalue weighted by Gasteiger charge is 2.24. The number of esters is 1. The van der Waals surface area contributed by atoms with Crippen molar-refractivity contribution in [3.63, 3.8) is 0 Å². The summed E-state index contributed by atoms with van der Waals surface area (Å²) in [6.07, 6.45) is 61.3. The van der Waals surface area contributed by atoms with Gasteiger partial charge in [-0.1, -0.05) is 210 Å². The summed E-state index contributed by atoms with van der Waals surface area (Å²) in [6.45, 7) is 6.41. The zero-order valence-corrected chi connectivity index (χ0v) is 41.0. The van der Waals surface area contributed by atoms with Gasteiger partial charge in [0.05, 0.1) is 25.2 Å². The first-order valence-corrected chi connectivity index (χ1v) is 26.5. The van der Waals surface area contributed by atoms with E-state index in [0.717, 1.165) is 83.5 Å². The van der Waals surface area contributed by atoms with Crippen LogP contribution in [0.1, 0.15) is 258 Å². The van der Waals surface area contributed by atoms with Crippen molar-refractivity contribution in [2.75, 3.05) is 6.61 Å². The van der Waals surface area contributed by atoms with Crippen molar-refractivity contribution in [2.45, 2.75) is 277 Å². The van der Waals surface area contributed by atoms with Gasteiger partial charge in [-0.15, -0.1) is 0 Å². The highest BCUT2D eigenvalue weighted by atomic mass is 16.5. The number of hydrogen-bond acceptors (Lipinski definition) is 5. The van der Waals surface area contributed by atoms with Gasteiger partial charge in [0.1, 0.15) is 6.10 Å². The van der Waals surface area contributed by atoms with Gasteiger partial charge in [0, 0.05) is 6.42 Å². The van der Waals surface area contributed by atoms with Crippen molar-refractivity contribution in [3.05, 3.63) is 60.8 Å². The molecule has 0 saturated heterocycles. The summed E-state index contributed by atoms with van der Waals surface area (Å²) in [6, 6.07) is -0.716. The molecule has 0 aliphatic rings. The molecule has 0 rings (SSSR count). The highest BCUT2D eigenvalue weighted by Crippen LogP contribution is 2.17. The largest absolute Gasteiger partial charge is 0.462 e. The number of aliphatic hydroxyl groups is 2. The predicted octanol–water partition coefficient (Wildman–Crippen LogP) is 16.0. The van der Waals surface area contributed by atoms with Crippen LogP contribution in [0.2, 0.25) is 0 Å². The molecule has 360 valence electrons. The molecular formula is C56H101NO5. The van der Waals surface area contributed by atoms with Gasteiger partial charge in [0.2, 0.25) is 5.91 Å². The molecule has 0 bridgehead atoms. The molecule has 0 aromatic carbocycles. The average Bonchev–Trinajstić information content (AvgIpc) is 3.26. The minimum Gasteiger partial charge on any atom is -0.462 e. The number of hydrogen-bond donors (Lipinski definition) is 3. The summed E-state index contributed by atoms with van der Waals surface area (Å²) >= 11 is 0. The number of aliphatic hydroxyl groups excluding tert-OH is 2. The Hall–Kier alpha value is -2.44. The lowest BCUT2D eigenvalue weighted by molar-refractivity contribution is -0.151. The van der Waals surface area contributed by atoms with Crippen LogP contribution < -0.4 is 5.32 Å². The molecule has 0 aromatic heterocycles. The van der Waals surface area contributed by atoms with Gasteiger partial charge in [0.25, 0.3) is 0 Å². The van der Waals surface area contributed by atoms with Crippen LogP contribution in [0.5, 0.6) is 0 Å². The van der Waals surface area contributed by atoms with E-state index >= 15 is 0 Å². The number of nitrogens with one attached hydrogen (secondary N) is 1. The molecule has 0 aromatic rings. The van der Waals surface area contributed by atoms with Gasteiger partial charge in [-0.2, -0.15) is 0 Å². The normalized spacial score (nSPS) is 13.7. The molecule has 3 N–H and O–H groups in total. The first-order chi connectivity index (χ1) is 30.5. The third-order valence-electron chi connectivity index (χ3n) is 11.8. The van der Waals surface area contributed by atoms with E-state index in [0.29, 0.717) is 19.3 Å². The predicted molar refractivity (Wildman–Crippen MR) is 268 cm³/mol. The van der Waals surface area contributed by atoms with Crippen LogP contribution >= 0.6 is 0 Å². The number of carbonyl (C=O) groups is 2. The molecule has 3 atom stereocenters. The van der Waals surface area contributed by atoms with Crippen LogP contribution in [-0.2, 0) is 14.3 Å². The molecule has 3 unspecified atom stereocenters. The number of amides is 1. The number of carbonyl (C=O) groups excluding carboxylic acids is 2. The van der Waals surface area contributed by atoms with Crippen LogP contribution in [0.15, 0.2) is 60.8 Å². The topological polar surface area (TPSA) is 95.9 Å². The van der Waals surface area contributed by atoms with Gasteiger partial charge >= 0.3 is 5.97 Å². The van der Waals surface area contributed by atoms with Gasteiger partial charge in [-0.25, -0.2) is 0 Å². The van der Waals surface area contributed by atoms with Gasteiger partial charge < -0.3 is 20.3 Å². The Bertz CT molecular complexity index is 1110. The SMILES string of the molecule is CCCCC/C=C\C/C=C\C/C=C\CCCCC(CC(=O)NC(CO)C(O)CCCCCCCCCCCCC)OC(=O)CCCCCCCCC/C=C\C/C=C\CCCCC. The van der Waals surface area contributed by atoms with Crippen LogP contribution in [-0.4, -0.2) is 46.9 Å². The van der Waals surface area contributed by atoms with E-state index in [1.54, 1.807) is 0 Å². The average molecular weight is 868 g/mol. The number of rotatable bonds is 47. The number of allylic oxidation sites excluding steroid dienone is 10. The fourth-order valence-corrected chi connectivity index (χ4v) is 7.76. The fourth-order valence-electron chi connectivity index (χ4n) is 7.76. The van der Waals surface area contributed by atoms with Crippen molar-refractivity contribution in [2.24, 2.45) is 0 Å². The highest BCUT2D eigenvalue weighted by molar-refractivity contribution is 5.77. The van der Waals surface area contributed by atoms with Gasteiger partial charge in [0.15, 0.2) is 0 Å². The Balaban J connectivity index is 4.65. The minimum atomic E-state index is -0.800. The summed E-state index contributed by atoms with van der Waals surface area (Å²) in [7, 11) is 0. The van der Waals surface area contributed by atoms with E-state index in [4.69, 9.17) is 4.74 Å². The van der Waals surface area contributed by atoms with E-state index in [9.17, 15) is 19.8 Å². The Morgan fingerprint density at radius 1 is 0.468 bits per heavy atom. The zero-order valence-electron chi connectivity index (χ0n) is 41.0. The summed E-state index contributed by atoms with van der Waals surface area (Å²) in [5, 5.41) is 23.7. The van der Waals surface area contributed by atoms with Crippen molar-refractivity contribution >= 4 is 11.9 Å². The molecule has 0 saturated carbocycles. The second kappa shape index (κ2) is 49.6. The van der Waals surface area contributed by atoms with Crippen molar-refractivity contribution in [1.29, 1.82) is 0 Å². The van der Waals surface area contributed by atoms with E-state index in [1.807, 2.05) is 0 Å². The second-order valence-electron chi connectivity index (χ2n) is 17.9. The molecule has 0 heterocycles. The number of unbranched alkanes of at least 4 members (excludes halogenated alkanes) is 25. The molecule has 0 radical (unpaired) electrons. The van der Waals surface area contributed by atoms with Crippen LogP contribution in [0.25, 0.3) is 0 Å². The Kier molecular flexibility index (Phi) is 47.6. The molecule has 6 nitrogen and oxygen atoms in total. The Morgan fingerprint density at radius 3 is 1.29 bits per heavy atom. The fraction of sp³-hybridized carbons (Fsp3) is 0.786. The van der Waals surface area contributed by atoms with E-state index in [2.05, 4.69) is 86.8 Å². The maximum Gasteiger partial charge on any atom is 0.306 e. The van der Waals surface area contributed by atoms with Gasteiger partial charge in [-0.3, -0.25) is 9.59 Å². The summed E-state index contributed by atoms with van der Waals surface area (Å²) in [5.74, 6) is -0.518. The van der Waals surface area contributed by atoms with Crippen LogP contribution in [0, 0.1) is 0 Å². The van der Waals surface area contributed by atoms with Gasteiger partial charge in [-0.05, 0) is 96.3 Å². The number of ether oxygens (including phenoxy) is 1. The molecular weight excluding hydrogens is 767 g/mol. The van der Waals surface area contributed by atoms with E-state index < -0.39 is 18.2 Å². The Labute approximate surface area is 384 Å². The summed E-state index contributed by atoms with van der Waals surface area (Å²) < 4.78 is 5.92. The first-order valence-electron chi connectivity index (χ1n) is 26.5. The first kappa shape index (κ1) is 59.6. The monoisotopic (exact) mass is 868 g/mol. The molecule has 1 amide bonds. The summed E-state index contributed by atoms with van der Waals surface area (Å²) in [4.78, 5) is 26.2. The zero-order chi connectivity index (χ0) is 45.2. The maximum atomic E-state index is 13.2. The molecule has 6 heteroatoms.